The summed E-state index contributed by atoms with van der Waals surface area (Å²) in [7, 11) is -3.13. The second-order valence-electron chi connectivity index (χ2n) is 26.5. The largest absolute Gasteiger partial charge is 0.360 e. The molecule has 4 atom stereocenters. The van der Waals surface area contributed by atoms with E-state index in [1.807, 2.05) is 70.5 Å². The minimum Gasteiger partial charge on any atom is -0.360 e. The number of hydrogen-bond acceptors (Lipinski definition) is 12. The number of rotatable bonds is 15. The first-order valence-corrected chi connectivity index (χ1v) is 36.7. The van der Waals surface area contributed by atoms with Crippen LogP contribution in [0.3, 0.4) is 0 Å². The van der Waals surface area contributed by atoms with Crippen molar-refractivity contribution in [2.24, 2.45) is 5.90 Å². The topological polar surface area (TPSA) is 221 Å². The Balaban J connectivity index is 0.000000180. The lowest BCUT2D eigenvalue weighted by Gasteiger charge is -2.47. The molecule has 2 aromatic heterocycles. The van der Waals surface area contributed by atoms with Gasteiger partial charge in [-0.3, -0.25) is 47.8 Å². The number of aromatic nitrogens is 2. The average Bonchev–Trinajstić information content (AvgIpc) is 1.75. The molecule has 21 heteroatoms. The van der Waals surface area contributed by atoms with E-state index in [0.717, 1.165) is 25.7 Å². The van der Waals surface area contributed by atoms with Gasteiger partial charge < -0.3 is 30.4 Å². The van der Waals surface area contributed by atoms with Crippen molar-refractivity contribution in [3.05, 3.63) is 273 Å². The van der Waals surface area contributed by atoms with Crippen LogP contribution in [0.5, 0.6) is 0 Å². The van der Waals surface area contributed by atoms with Crippen LogP contribution < -0.4 is 22.3 Å². The van der Waals surface area contributed by atoms with Gasteiger partial charge in [-0.25, -0.2) is 10.5 Å². The number of carbonyl (C=O) groups is 6. The summed E-state index contributed by atoms with van der Waals surface area (Å²) in [6, 6.07) is 66.4. The molecular weight excluding hydrogens is 1350 g/mol. The Labute approximate surface area is 613 Å². The first-order chi connectivity index (χ1) is 48.8. The molecule has 4 aliphatic heterocycles. The second-order valence-corrected chi connectivity index (χ2v) is 29.7. The number of nitrogens with zero attached hydrogens (tertiary/aromatic N) is 7. The number of benzene rings is 8. The number of ketones is 2. The van der Waals surface area contributed by atoms with Crippen LogP contribution in [0.4, 0.5) is 0 Å². The summed E-state index contributed by atoms with van der Waals surface area (Å²) in [6.45, 7) is 13.1. The molecule has 6 heterocycles. The number of likely N-dealkylation sites (tertiary alicyclic amines) is 2. The predicted molar refractivity (Wildman–Crippen MR) is 412 cm³/mol. The van der Waals surface area contributed by atoms with E-state index in [4.69, 9.17) is 39.6 Å². The molecule has 4 fully saturated rings. The van der Waals surface area contributed by atoms with Gasteiger partial charge in [0.2, 0.25) is 0 Å². The predicted octanol–water partition coefficient (Wildman–Crippen LogP) is 14.2. The molecule has 103 heavy (non-hydrogen) atoms. The average molecular weight is 1450 g/mol. The molecule has 14 rings (SSSR count). The molecule has 0 bridgehead atoms. The van der Waals surface area contributed by atoms with Crippen LogP contribution in [0.25, 0.3) is 21.8 Å². The maximum Gasteiger partial charge on any atom is 0.295 e. The number of hydrogen-bond donors (Lipinski definition) is 3. The molecular formula is C82H91Cl2N10O8P. The molecule has 0 unspecified atom stereocenters. The lowest BCUT2D eigenvalue weighted by molar-refractivity contribution is -0.126. The Morgan fingerprint density at radius 1 is 0.466 bits per heavy atom. The van der Waals surface area contributed by atoms with Gasteiger partial charge in [0, 0.05) is 116 Å². The number of amides is 4. The van der Waals surface area contributed by atoms with Crippen molar-refractivity contribution < 1.29 is 38.0 Å². The van der Waals surface area contributed by atoms with Crippen LogP contribution in [0.1, 0.15) is 144 Å². The van der Waals surface area contributed by atoms with E-state index in [-0.39, 0.29) is 79.1 Å². The van der Waals surface area contributed by atoms with Crippen molar-refractivity contribution >= 4 is 98.2 Å². The highest BCUT2D eigenvalue weighted by molar-refractivity contribution is 7.74. The van der Waals surface area contributed by atoms with Gasteiger partial charge in [-0.15, -0.1) is 0 Å². The van der Waals surface area contributed by atoms with Crippen molar-refractivity contribution in [2.45, 2.75) is 104 Å². The molecule has 18 nitrogen and oxygen atoms in total. The fourth-order valence-corrected chi connectivity index (χ4v) is 16.7. The SMILES string of the molecule is C.C.C[C@@H]1CN(C(c2ccccc2)c2ccccc2)[C@@H](C)CN1C(=O)c1cc2c(C(=O)C(=O)N3CCCC3)c[nH]c2cc1Cl.C[C@@H]1CN(C(c2ccccc2)c2ccccc2)[C@@H](C)CN1C(=O)c1cc2c(C(=O)C(=O)N3CCCC3)cn(N)c2cc1Cl.NOP(=O)(c1ccccc1)c1ccccc1. The third-order valence-electron chi connectivity index (χ3n) is 19.9. The number of piperazine rings is 2. The molecule has 0 radical (unpaired) electrons. The number of nitrogens with one attached hydrogen (secondary N) is 1. The summed E-state index contributed by atoms with van der Waals surface area (Å²) in [4.78, 5) is 95.2. The van der Waals surface area contributed by atoms with Crippen LogP contribution in [0.2, 0.25) is 10.0 Å². The van der Waals surface area contributed by atoms with Crippen LogP contribution in [-0.4, -0.2) is 151 Å². The quantitative estimate of drug-likeness (QED) is 0.0287. The Kier molecular flexibility index (Phi) is 25.0. The van der Waals surface area contributed by atoms with Crippen molar-refractivity contribution in [1.82, 2.24) is 39.1 Å². The van der Waals surface area contributed by atoms with E-state index in [1.54, 1.807) is 64.5 Å². The smallest absolute Gasteiger partial charge is 0.295 e. The van der Waals surface area contributed by atoms with Crippen LogP contribution in [-0.2, 0) is 18.8 Å². The molecule has 0 aliphatic carbocycles. The summed E-state index contributed by atoms with van der Waals surface area (Å²) in [6.07, 6.45) is 6.57. The molecule has 0 saturated carbocycles. The van der Waals surface area contributed by atoms with Gasteiger partial charge >= 0.3 is 0 Å². The number of nitrogens with two attached hydrogens (primary N) is 2. The fourth-order valence-electron chi connectivity index (χ4n) is 14.6. The fraction of sp³-hybridized carbons (Fsp3) is 0.293. The van der Waals surface area contributed by atoms with E-state index in [9.17, 15) is 33.3 Å². The number of nitrogen functional groups attached to an aromatic ring is 1. The van der Waals surface area contributed by atoms with Gasteiger partial charge in [-0.1, -0.05) is 196 Å². The van der Waals surface area contributed by atoms with Gasteiger partial charge in [0.25, 0.3) is 42.6 Å². The Morgan fingerprint density at radius 3 is 1.19 bits per heavy atom. The van der Waals surface area contributed by atoms with Gasteiger partial charge in [0.05, 0.1) is 49.9 Å². The third kappa shape index (κ3) is 16.2. The molecule has 4 amide bonds. The van der Waals surface area contributed by atoms with E-state index in [2.05, 4.69) is 140 Å². The lowest BCUT2D eigenvalue weighted by atomic mass is 9.93. The molecule has 5 N–H and O–H groups in total. The van der Waals surface area contributed by atoms with Gasteiger partial charge in [-0.2, -0.15) is 0 Å². The molecule has 4 saturated heterocycles. The molecule has 8 aromatic carbocycles. The van der Waals surface area contributed by atoms with Crippen molar-refractivity contribution in [2.75, 3.05) is 58.2 Å². The first kappa shape index (κ1) is 76.2. The van der Waals surface area contributed by atoms with E-state index < -0.39 is 30.7 Å². The zero-order chi connectivity index (χ0) is 71.1. The second kappa shape index (κ2) is 33.7. The number of aromatic amines is 1. The highest BCUT2D eigenvalue weighted by Gasteiger charge is 2.41. The number of halogens is 2. The summed E-state index contributed by atoms with van der Waals surface area (Å²) in [5.74, 6) is 8.75. The van der Waals surface area contributed by atoms with E-state index in [0.29, 0.717) is 101 Å². The summed E-state index contributed by atoms with van der Waals surface area (Å²) >= 11 is 13.3. The summed E-state index contributed by atoms with van der Waals surface area (Å²) < 4.78 is 18.7. The lowest BCUT2D eigenvalue weighted by Crippen LogP contribution is -2.58. The summed E-state index contributed by atoms with van der Waals surface area (Å²) in [5, 5.41) is 2.74. The van der Waals surface area contributed by atoms with Crippen LogP contribution >= 0.6 is 30.6 Å². The van der Waals surface area contributed by atoms with Gasteiger partial charge in [0.1, 0.15) is 0 Å². The van der Waals surface area contributed by atoms with Crippen LogP contribution in [0, 0.1) is 0 Å². The van der Waals surface area contributed by atoms with E-state index in [1.165, 1.54) is 33.1 Å². The maximum absolute atomic E-state index is 14.1. The number of carbonyl (C=O) groups excluding carboxylic acids is 6. The number of Topliss-reactive ketones (excluding diaryl/α,β-unsaturated/α-hetero) is 2. The molecule has 0 spiro atoms. The van der Waals surface area contributed by atoms with Crippen molar-refractivity contribution in [1.29, 1.82) is 0 Å². The Morgan fingerprint density at radius 2 is 0.816 bits per heavy atom. The molecule has 10 aromatic rings. The normalized spacial score (nSPS) is 17.8. The Bertz CT molecular complexity index is 4530. The molecule has 536 valence electrons. The third-order valence-corrected chi connectivity index (χ3v) is 22.7. The van der Waals surface area contributed by atoms with Gasteiger partial charge in [0.15, 0.2) is 0 Å². The van der Waals surface area contributed by atoms with E-state index >= 15 is 0 Å². The number of H-pyrrole nitrogens is 1. The van der Waals surface area contributed by atoms with Crippen LogP contribution in [0.15, 0.2) is 219 Å². The van der Waals surface area contributed by atoms with Gasteiger partial charge in [-0.05, 0) is 124 Å². The zero-order valence-corrected chi connectivity index (χ0v) is 59.4. The zero-order valence-electron chi connectivity index (χ0n) is 57.0. The molecule has 4 aliphatic rings. The minimum atomic E-state index is -3.13. The van der Waals surface area contributed by atoms with Crippen molar-refractivity contribution in [3.8, 4) is 0 Å². The standard InChI is InChI=1S/C34H36ClN5O3.C34H35ClN4O3.C12H12NO2P.2CH4/c1-22-20-39(23(2)19-38(22)31(24-11-5-3-6-12-24)25-13-7-4-8-14-25)33(42)27-17-26-28(21-40(36)30(26)18-29(27)35)32(41)34(43)37-15-9-10-16-37;1-22-21-39(23(2)20-38(22)31(24-11-5-3-6-12-24)25-13-7-4-8-14-25)33(41)27-17-26-28(19-36-30(26)18-29(27)35)32(40)34(42)37-15-9-10-16-37;13-15-16(14,11-7-3-1-4-8-11)12-9-5-2-6-10-12;;/h3-8,11-14,17-18,21-23,31H,9-10,15-16,19-20,36H2,1-2H3;3-8,11-14,17-19,22-23,31,36H,9-10,15-16,20-21H2,1-2H3;1-10H,13H2;2*1H4/t2*22-,23+;;;/m00.../s1. The minimum absolute atomic E-state index is 0. The summed E-state index contributed by atoms with van der Waals surface area (Å²) in [5.41, 5.74) is 7.01. The highest BCUT2D eigenvalue weighted by Crippen LogP contribution is 2.43. The monoisotopic (exact) mass is 1440 g/mol. The van der Waals surface area contributed by atoms with Crippen molar-refractivity contribution in [3.63, 3.8) is 0 Å². The maximum atomic E-state index is 14.1. The first-order valence-electron chi connectivity index (χ1n) is 34.4. The number of fused-ring (bicyclic) bond motifs is 2. The highest BCUT2D eigenvalue weighted by atomic mass is 35.5. The Hall–Kier alpha value is -9.49.